The van der Waals surface area contributed by atoms with E-state index in [4.69, 9.17) is 16.3 Å². The summed E-state index contributed by atoms with van der Waals surface area (Å²) in [5.41, 5.74) is 1.40. The predicted molar refractivity (Wildman–Crippen MR) is 83.1 cm³/mol. The lowest BCUT2D eigenvalue weighted by Gasteiger charge is -2.33. The zero-order valence-corrected chi connectivity index (χ0v) is 12.8. The molecule has 1 aromatic rings. The lowest BCUT2D eigenvalue weighted by atomic mass is 9.83. The van der Waals surface area contributed by atoms with Gasteiger partial charge in [-0.15, -0.1) is 0 Å². The first-order valence-electron chi connectivity index (χ1n) is 7.89. The quantitative estimate of drug-likeness (QED) is 0.893. The SMILES string of the molecule is Clc1ccccc1CNCC1CCC2(CCCCC2)O1. The van der Waals surface area contributed by atoms with E-state index in [1.807, 2.05) is 18.2 Å². The summed E-state index contributed by atoms with van der Waals surface area (Å²) in [6, 6.07) is 8.03. The summed E-state index contributed by atoms with van der Waals surface area (Å²) < 4.78 is 6.36. The van der Waals surface area contributed by atoms with Crippen LogP contribution in [0.5, 0.6) is 0 Å². The van der Waals surface area contributed by atoms with Crippen molar-refractivity contribution in [2.75, 3.05) is 6.54 Å². The van der Waals surface area contributed by atoms with Crippen molar-refractivity contribution in [1.82, 2.24) is 5.32 Å². The summed E-state index contributed by atoms with van der Waals surface area (Å²) in [5.74, 6) is 0. The molecule has 2 aliphatic rings. The van der Waals surface area contributed by atoms with Crippen LogP contribution in [0, 0.1) is 0 Å². The summed E-state index contributed by atoms with van der Waals surface area (Å²) in [6.45, 7) is 1.76. The van der Waals surface area contributed by atoms with Crippen molar-refractivity contribution in [1.29, 1.82) is 0 Å². The average Bonchev–Trinajstić information content (AvgIpc) is 2.85. The highest BCUT2D eigenvalue weighted by atomic mass is 35.5. The molecule has 1 saturated carbocycles. The van der Waals surface area contributed by atoms with Crippen LogP contribution in [-0.2, 0) is 11.3 Å². The van der Waals surface area contributed by atoms with E-state index >= 15 is 0 Å². The van der Waals surface area contributed by atoms with Gasteiger partial charge < -0.3 is 10.1 Å². The molecule has 110 valence electrons. The van der Waals surface area contributed by atoms with Gasteiger partial charge in [0.15, 0.2) is 0 Å². The van der Waals surface area contributed by atoms with Gasteiger partial charge in [-0.1, -0.05) is 49.1 Å². The Bertz CT molecular complexity index is 442. The van der Waals surface area contributed by atoms with Crippen LogP contribution in [0.4, 0.5) is 0 Å². The number of halogens is 1. The largest absolute Gasteiger partial charge is 0.370 e. The third-order valence-electron chi connectivity index (χ3n) is 4.75. The lowest BCUT2D eigenvalue weighted by molar-refractivity contribution is -0.0624. The summed E-state index contributed by atoms with van der Waals surface area (Å²) in [6.07, 6.45) is 9.47. The fraction of sp³-hybridized carbons (Fsp3) is 0.647. The van der Waals surface area contributed by atoms with E-state index < -0.39 is 0 Å². The average molecular weight is 294 g/mol. The van der Waals surface area contributed by atoms with Crippen molar-refractivity contribution in [3.8, 4) is 0 Å². The van der Waals surface area contributed by atoms with Crippen LogP contribution in [0.2, 0.25) is 5.02 Å². The smallest absolute Gasteiger partial charge is 0.0708 e. The molecule has 0 bridgehead atoms. The van der Waals surface area contributed by atoms with Crippen LogP contribution >= 0.6 is 11.6 Å². The maximum atomic E-state index is 6.36. The van der Waals surface area contributed by atoms with E-state index in [-0.39, 0.29) is 5.60 Å². The van der Waals surface area contributed by atoms with Crippen molar-refractivity contribution in [3.63, 3.8) is 0 Å². The highest BCUT2D eigenvalue weighted by Gasteiger charge is 2.40. The van der Waals surface area contributed by atoms with E-state index in [0.29, 0.717) is 6.10 Å². The zero-order chi connectivity index (χ0) is 13.8. The third-order valence-corrected chi connectivity index (χ3v) is 5.12. The molecule has 1 aliphatic carbocycles. The molecule has 0 radical (unpaired) electrons. The van der Waals surface area contributed by atoms with Crippen LogP contribution in [0.15, 0.2) is 24.3 Å². The van der Waals surface area contributed by atoms with Crippen molar-refractivity contribution in [2.45, 2.75) is 63.2 Å². The molecule has 2 fully saturated rings. The zero-order valence-electron chi connectivity index (χ0n) is 12.0. The third kappa shape index (κ3) is 3.36. The highest BCUT2D eigenvalue weighted by molar-refractivity contribution is 6.31. The molecule has 2 nitrogen and oxygen atoms in total. The Labute approximate surface area is 126 Å². The van der Waals surface area contributed by atoms with Crippen molar-refractivity contribution in [2.24, 2.45) is 0 Å². The normalized spacial score (nSPS) is 25.1. The van der Waals surface area contributed by atoms with Crippen molar-refractivity contribution in [3.05, 3.63) is 34.9 Å². The van der Waals surface area contributed by atoms with Gasteiger partial charge in [0, 0.05) is 18.1 Å². The van der Waals surface area contributed by atoms with Gasteiger partial charge in [-0.05, 0) is 37.3 Å². The van der Waals surface area contributed by atoms with E-state index in [9.17, 15) is 0 Å². The van der Waals surface area contributed by atoms with Crippen molar-refractivity contribution >= 4 is 11.6 Å². The molecule has 1 saturated heterocycles. The fourth-order valence-electron chi connectivity index (χ4n) is 3.61. The molecule has 20 heavy (non-hydrogen) atoms. The number of rotatable bonds is 4. The van der Waals surface area contributed by atoms with E-state index in [1.165, 1.54) is 50.5 Å². The van der Waals surface area contributed by atoms with E-state index in [0.717, 1.165) is 18.1 Å². The fourth-order valence-corrected chi connectivity index (χ4v) is 3.82. The van der Waals surface area contributed by atoms with E-state index in [1.54, 1.807) is 0 Å². The number of benzene rings is 1. The minimum Gasteiger partial charge on any atom is -0.370 e. The second-order valence-corrected chi connectivity index (χ2v) is 6.65. The summed E-state index contributed by atoms with van der Waals surface area (Å²) in [4.78, 5) is 0. The molecule has 1 heterocycles. The van der Waals surface area contributed by atoms with Gasteiger partial charge in [-0.3, -0.25) is 0 Å². The molecule has 1 aromatic carbocycles. The minimum atomic E-state index is 0.231. The number of hydrogen-bond acceptors (Lipinski definition) is 2. The second-order valence-electron chi connectivity index (χ2n) is 6.24. The molecule has 0 amide bonds. The molecule has 1 aliphatic heterocycles. The van der Waals surface area contributed by atoms with Crippen LogP contribution in [-0.4, -0.2) is 18.2 Å². The first kappa shape index (κ1) is 14.4. The van der Waals surface area contributed by atoms with Crippen LogP contribution in [0.25, 0.3) is 0 Å². The van der Waals surface area contributed by atoms with Gasteiger partial charge in [-0.2, -0.15) is 0 Å². The van der Waals surface area contributed by atoms with Gasteiger partial charge in [-0.25, -0.2) is 0 Å². The molecular formula is C17H24ClNO. The molecule has 1 atom stereocenters. The topological polar surface area (TPSA) is 21.3 Å². The highest BCUT2D eigenvalue weighted by Crippen LogP contribution is 2.41. The first-order valence-corrected chi connectivity index (χ1v) is 8.27. The van der Waals surface area contributed by atoms with Gasteiger partial charge in [0.2, 0.25) is 0 Å². The number of ether oxygens (including phenoxy) is 1. The summed E-state index contributed by atoms with van der Waals surface area (Å²) >= 11 is 6.17. The van der Waals surface area contributed by atoms with Crippen molar-refractivity contribution < 1.29 is 4.74 Å². The van der Waals surface area contributed by atoms with Gasteiger partial charge in [0.1, 0.15) is 0 Å². The Hall–Kier alpha value is -0.570. The van der Waals surface area contributed by atoms with E-state index in [2.05, 4.69) is 11.4 Å². The monoisotopic (exact) mass is 293 g/mol. The summed E-state index contributed by atoms with van der Waals surface area (Å²) in [7, 11) is 0. The minimum absolute atomic E-state index is 0.231. The number of hydrogen-bond donors (Lipinski definition) is 1. The molecule has 1 spiro atoms. The van der Waals surface area contributed by atoms with Gasteiger partial charge >= 0.3 is 0 Å². The Morgan fingerprint density at radius 3 is 2.75 bits per heavy atom. The van der Waals surface area contributed by atoms with Gasteiger partial charge in [0.05, 0.1) is 11.7 Å². The molecular weight excluding hydrogens is 270 g/mol. The second kappa shape index (κ2) is 6.46. The Balaban J connectivity index is 1.45. The Morgan fingerprint density at radius 1 is 1.15 bits per heavy atom. The summed E-state index contributed by atoms with van der Waals surface area (Å²) in [5, 5.41) is 4.34. The molecule has 3 rings (SSSR count). The first-order chi connectivity index (χ1) is 9.77. The van der Waals surface area contributed by atoms with Crippen LogP contribution in [0.3, 0.4) is 0 Å². The van der Waals surface area contributed by atoms with Crippen LogP contribution in [0.1, 0.15) is 50.5 Å². The maximum Gasteiger partial charge on any atom is 0.0708 e. The molecule has 3 heteroatoms. The van der Waals surface area contributed by atoms with Gasteiger partial charge in [0.25, 0.3) is 0 Å². The van der Waals surface area contributed by atoms with Crippen LogP contribution < -0.4 is 5.32 Å². The number of nitrogens with one attached hydrogen (secondary N) is 1. The maximum absolute atomic E-state index is 6.36. The molecule has 0 aromatic heterocycles. The Morgan fingerprint density at radius 2 is 1.95 bits per heavy atom. The molecule has 1 N–H and O–H groups in total. The molecule has 1 unspecified atom stereocenters. The Kier molecular flexibility index (Phi) is 4.65. The lowest BCUT2D eigenvalue weighted by Crippen LogP contribution is -2.34. The standard InChI is InChI=1S/C17H24ClNO/c18-16-7-3-2-6-14(16)12-19-13-15-8-11-17(20-15)9-4-1-5-10-17/h2-3,6-7,15,19H,1,4-5,8-13H2. The predicted octanol–water partition coefficient (Wildman–Crippen LogP) is 4.31.